The first-order chi connectivity index (χ1) is 11.7. The summed E-state index contributed by atoms with van der Waals surface area (Å²) in [6.07, 6.45) is 1.50. The molecule has 0 bridgehead atoms. The zero-order valence-corrected chi connectivity index (χ0v) is 14.2. The van der Waals surface area contributed by atoms with Gasteiger partial charge in [-0.1, -0.05) is 54.6 Å². The first-order valence-corrected chi connectivity index (χ1v) is 7.94. The van der Waals surface area contributed by atoms with Crippen molar-refractivity contribution >= 4 is 17.6 Å². The second-order valence-corrected chi connectivity index (χ2v) is 5.29. The van der Waals surface area contributed by atoms with E-state index in [1.165, 1.54) is 12.1 Å². The maximum atomic E-state index is 12.0. The van der Waals surface area contributed by atoms with Crippen LogP contribution in [0.3, 0.4) is 0 Å². The average molecular weight is 347 g/mol. The molecule has 2 aromatic rings. The molecule has 5 heteroatoms. The van der Waals surface area contributed by atoms with Crippen LogP contribution in [0.4, 0.5) is 0 Å². The van der Waals surface area contributed by atoms with Crippen LogP contribution in [0.2, 0.25) is 5.02 Å². The van der Waals surface area contributed by atoms with Crippen molar-refractivity contribution in [3.05, 3.63) is 71.3 Å². The largest absolute Gasteiger partial charge is 0.490 e. The molecular weight excluding hydrogens is 328 g/mol. The number of halogens is 1. The van der Waals surface area contributed by atoms with E-state index in [9.17, 15) is 4.79 Å². The third-order valence-electron chi connectivity index (χ3n) is 3.10. The van der Waals surface area contributed by atoms with Crippen molar-refractivity contribution in [2.45, 2.75) is 13.5 Å². The fourth-order valence-electron chi connectivity index (χ4n) is 2.04. The Labute approximate surface area is 146 Å². The van der Waals surface area contributed by atoms with Gasteiger partial charge in [-0.05, 0) is 24.6 Å². The van der Waals surface area contributed by atoms with Crippen LogP contribution >= 0.6 is 11.6 Å². The van der Waals surface area contributed by atoms with Crippen molar-refractivity contribution in [1.82, 2.24) is 0 Å². The fourth-order valence-corrected chi connectivity index (χ4v) is 2.30. The van der Waals surface area contributed by atoms with Gasteiger partial charge in [0.2, 0.25) is 0 Å². The van der Waals surface area contributed by atoms with Crippen LogP contribution in [0.15, 0.2) is 55.1 Å². The first-order valence-electron chi connectivity index (χ1n) is 7.56. The lowest BCUT2D eigenvalue weighted by molar-refractivity contribution is 0.0549. The van der Waals surface area contributed by atoms with Crippen LogP contribution < -0.4 is 9.47 Å². The Morgan fingerprint density at radius 2 is 1.96 bits per heavy atom. The maximum Gasteiger partial charge on any atom is 0.338 e. The summed E-state index contributed by atoms with van der Waals surface area (Å²) in [7, 11) is 0. The molecule has 0 saturated carbocycles. The minimum Gasteiger partial charge on any atom is -0.490 e. The first kappa shape index (κ1) is 17.9. The van der Waals surface area contributed by atoms with Gasteiger partial charge in [-0.2, -0.15) is 0 Å². The highest BCUT2D eigenvalue weighted by molar-refractivity contribution is 6.32. The molecule has 0 fully saturated rings. The SMILES string of the molecule is C=CCOC(=O)c1cc(Cl)c(OCc2ccccc2)c(OCC)c1. The van der Waals surface area contributed by atoms with Gasteiger partial charge in [0, 0.05) is 0 Å². The van der Waals surface area contributed by atoms with E-state index >= 15 is 0 Å². The lowest BCUT2D eigenvalue weighted by Gasteiger charge is -2.15. The summed E-state index contributed by atoms with van der Waals surface area (Å²) in [5, 5.41) is 0.294. The van der Waals surface area contributed by atoms with Crippen LogP contribution in [0.5, 0.6) is 11.5 Å². The van der Waals surface area contributed by atoms with Crippen molar-refractivity contribution in [3.8, 4) is 11.5 Å². The number of hydrogen-bond donors (Lipinski definition) is 0. The zero-order chi connectivity index (χ0) is 17.4. The summed E-state index contributed by atoms with van der Waals surface area (Å²) in [6.45, 7) is 6.25. The predicted octanol–water partition coefficient (Wildman–Crippen LogP) is 4.66. The highest BCUT2D eigenvalue weighted by Gasteiger charge is 2.17. The van der Waals surface area contributed by atoms with Crippen molar-refractivity contribution in [1.29, 1.82) is 0 Å². The molecule has 0 saturated heterocycles. The Bertz CT molecular complexity index is 698. The zero-order valence-electron chi connectivity index (χ0n) is 13.5. The van der Waals surface area contributed by atoms with Gasteiger partial charge in [0.1, 0.15) is 13.2 Å². The molecular formula is C19H19ClO4. The van der Waals surface area contributed by atoms with E-state index < -0.39 is 5.97 Å². The number of carbonyl (C=O) groups excluding carboxylic acids is 1. The fraction of sp³-hybridized carbons (Fsp3) is 0.211. The van der Waals surface area contributed by atoms with Crippen molar-refractivity contribution in [2.75, 3.05) is 13.2 Å². The Hall–Kier alpha value is -2.46. The second kappa shape index (κ2) is 8.99. The van der Waals surface area contributed by atoms with Crippen molar-refractivity contribution in [2.24, 2.45) is 0 Å². The number of benzene rings is 2. The lowest BCUT2D eigenvalue weighted by atomic mass is 10.2. The van der Waals surface area contributed by atoms with E-state index in [-0.39, 0.29) is 6.61 Å². The van der Waals surface area contributed by atoms with Crippen molar-refractivity contribution in [3.63, 3.8) is 0 Å². The van der Waals surface area contributed by atoms with Gasteiger partial charge in [0.15, 0.2) is 11.5 Å². The van der Waals surface area contributed by atoms with Crippen molar-refractivity contribution < 1.29 is 19.0 Å². The van der Waals surface area contributed by atoms with E-state index in [1.54, 1.807) is 6.07 Å². The monoisotopic (exact) mass is 346 g/mol. The van der Waals surface area contributed by atoms with E-state index in [2.05, 4.69) is 6.58 Å². The Morgan fingerprint density at radius 3 is 2.62 bits per heavy atom. The molecule has 126 valence electrons. The third-order valence-corrected chi connectivity index (χ3v) is 3.38. The molecule has 0 radical (unpaired) electrons. The van der Waals surface area contributed by atoms with E-state index in [1.807, 2.05) is 37.3 Å². The van der Waals surface area contributed by atoms with Crippen LogP contribution in [-0.4, -0.2) is 19.2 Å². The van der Waals surface area contributed by atoms with Gasteiger partial charge in [0.05, 0.1) is 17.2 Å². The highest BCUT2D eigenvalue weighted by atomic mass is 35.5. The Morgan fingerprint density at radius 1 is 1.21 bits per heavy atom. The molecule has 0 amide bonds. The summed E-state index contributed by atoms with van der Waals surface area (Å²) in [6, 6.07) is 12.8. The molecule has 4 nitrogen and oxygen atoms in total. The summed E-state index contributed by atoms with van der Waals surface area (Å²) >= 11 is 6.28. The normalized spacial score (nSPS) is 10.1. The molecule has 0 aliphatic rings. The molecule has 0 N–H and O–H groups in total. The van der Waals surface area contributed by atoms with E-state index in [0.29, 0.717) is 35.3 Å². The summed E-state index contributed by atoms with van der Waals surface area (Å²) in [5.41, 5.74) is 1.31. The van der Waals surface area contributed by atoms with Crippen LogP contribution in [-0.2, 0) is 11.3 Å². The molecule has 0 heterocycles. The van der Waals surface area contributed by atoms with Crippen LogP contribution in [0.1, 0.15) is 22.8 Å². The van der Waals surface area contributed by atoms with Gasteiger partial charge in [-0.25, -0.2) is 4.79 Å². The minimum atomic E-state index is -0.493. The lowest BCUT2D eigenvalue weighted by Crippen LogP contribution is -2.07. The van der Waals surface area contributed by atoms with Crippen LogP contribution in [0, 0.1) is 0 Å². The molecule has 0 unspecified atom stereocenters. The highest BCUT2D eigenvalue weighted by Crippen LogP contribution is 2.37. The molecule has 0 aliphatic heterocycles. The predicted molar refractivity (Wildman–Crippen MR) is 93.9 cm³/mol. The van der Waals surface area contributed by atoms with Gasteiger partial charge in [-0.3, -0.25) is 0 Å². The minimum absolute atomic E-state index is 0.132. The molecule has 24 heavy (non-hydrogen) atoms. The third kappa shape index (κ3) is 4.77. The Balaban J connectivity index is 2.23. The van der Waals surface area contributed by atoms with Gasteiger partial charge < -0.3 is 14.2 Å². The van der Waals surface area contributed by atoms with Gasteiger partial charge in [-0.15, -0.1) is 0 Å². The molecule has 0 aromatic heterocycles. The standard InChI is InChI=1S/C19H19ClO4/c1-3-10-23-19(21)15-11-16(20)18(17(12-15)22-4-2)24-13-14-8-6-5-7-9-14/h3,5-9,11-12H,1,4,10,13H2,2H3. The summed E-state index contributed by atoms with van der Waals surface area (Å²) in [4.78, 5) is 12.0. The maximum absolute atomic E-state index is 12.0. The smallest absolute Gasteiger partial charge is 0.338 e. The molecule has 0 spiro atoms. The summed E-state index contributed by atoms with van der Waals surface area (Å²) < 4.78 is 16.4. The number of esters is 1. The number of carbonyl (C=O) groups is 1. The average Bonchev–Trinajstić information content (AvgIpc) is 2.60. The summed E-state index contributed by atoms with van der Waals surface area (Å²) in [5.74, 6) is 0.321. The number of rotatable bonds is 8. The quantitative estimate of drug-likeness (QED) is 0.515. The van der Waals surface area contributed by atoms with Gasteiger partial charge >= 0.3 is 5.97 Å². The molecule has 0 aliphatic carbocycles. The van der Waals surface area contributed by atoms with Gasteiger partial charge in [0.25, 0.3) is 0 Å². The number of ether oxygens (including phenoxy) is 3. The molecule has 2 aromatic carbocycles. The topological polar surface area (TPSA) is 44.8 Å². The number of hydrogen-bond acceptors (Lipinski definition) is 4. The molecule has 0 atom stereocenters. The Kier molecular flexibility index (Phi) is 6.70. The van der Waals surface area contributed by atoms with E-state index in [4.69, 9.17) is 25.8 Å². The van der Waals surface area contributed by atoms with Crippen LogP contribution in [0.25, 0.3) is 0 Å². The second-order valence-electron chi connectivity index (χ2n) is 4.88. The molecule has 2 rings (SSSR count). The van der Waals surface area contributed by atoms with E-state index in [0.717, 1.165) is 5.56 Å².